The molecule has 2 aromatic carbocycles. The molecule has 0 bridgehead atoms. The summed E-state index contributed by atoms with van der Waals surface area (Å²) in [5.74, 6) is -0.704. The average molecular weight is 350 g/mol. The first-order valence-corrected chi connectivity index (χ1v) is 7.95. The Kier molecular flexibility index (Phi) is 6.46. The highest BCUT2D eigenvalue weighted by Gasteiger charge is 2.16. The van der Waals surface area contributed by atoms with E-state index in [1.54, 1.807) is 12.1 Å². The number of rotatable bonds is 7. The zero-order valence-corrected chi connectivity index (χ0v) is 14.2. The van der Waals surface area contributed by atoms with Gasteiger partial charge in [-0.25, -0.2) is 0 Å². The standard InChI is InChI=1S/C19H18N4O3/c1-14-5-4-6-15(11-14)9-10-21-13-16(12-20)19(24)22-17-7-2-3-8-18(17)23(25)26/h2-8,11,13,21H,9-10H2,1H3,(H,22,24)/b16-13-. The first-order valence-electron chi connectivity index (χ1n) is 7.95. The number of nitriles is 1. The highest BCUT2D eigenvalue weighted by Crippen LogP contribution is 2.23. The number of nitrogens with zero attached hydrogens (tertiary/aromatic N) is 2. The van der Waals surface area contributed by atoms with Crippen LogP contribution < -0.4 is 10.6 Å². The Labute approximate surface area is 151 Å². The third kappa shape index (κ3) is 5.18. The van der Waals surface area contributed by atoms with Gasteiger partial charge in [-0.3, -0.25) is 14.9 Å². The van der Waals surface area contributed by atoms with Gasteiger partial charge < -0.3 is 10.6 Å². The lowest BCUT2D eigenvalue weighted by molar-refractivity contribution is -0.383. The minimum Gasteiger partial charge on any atom is -0.389 e. The van der Waals surface area contributed by atoms with E-state index in [0.717, 1.165) is 12.0 Å². The van der Waals surface area contributed by atoms with Gasteiger partial charge >= 0.3 is 0 Å². The third-order valence-corrected chi connectivity index (χ3v) is 3.60. The van der Waals surface area contributed by atoms with Gasteiger partial charge in [0, 0.05) is 18.8 Å². The summed E-state index contributed by atoms with van der Waals surface area (Å²) in [6.45, 7) is 2.56. The molecule has 2 rings (SSSR count). The van der Waals surface area contributed by atoms with Crippen LogP contribution in [-0.4, -0.2) is 17.4 Å². The molecular weight excluding hydrogens is 332 g/mol. The van der Waals surface area contributed by atoms with E-state index >= 15 is 0 Å². The number of para-hydroxylation sites is 2. The van der Waals surface area contributed by atoms with Crippen LogP contribution in [0.25, 0.3) is 0 Å². The second-order valence-corrected chi connectivity index (χ2v) is 5.59. The number of nitrogens with one attached hydrogen (secondary N) is 2. The highest BCUT2D eigenvalue weighted by molar-refractivity contribution is 6.07. The lowest BCUT2D eigenvalue weighted by atomic mass is 10.1. The van der Waals surface area contributed by atoms with E-state index < -0.39 is 10.8 Å². The van der Waals surface area contributed by atoms with Gasteiger partial charge in [-0.1, -0.05) is 42.0 Å². The fourth-order valence-corrected chi connectivity index (χ4v) is 2.34. The lowest BCUT2D eigenvalue weighted by Gasteiger charge is -2.06. The van der Waals surface area contributed by atoms with E-state index in [-0.39, 0.29) is 16.9 Å². The molecule has 1 amide bonds. The van der Waals surface area contributed by atoms with Gasteiger partial charge in [0.1, 0.15) is 17.3 Å². The van der Waals surface area contributed by atoms with Crippen molar-refractivity contribution >= 4 is 17.3 Å². The Morgan fingerprint density at radius 3 is 2.73 bits per heavy atom. The summed E-state index contributed by atoms with van der Waals surface area (Å²) in [6, 6.07) is 15.6. The number of carbonyl (C=O) groups excluding carboxylic acids is 1. The largest absolute Gasteiger partial charge is 0.389 e. The molecular formula is C19H18N4O3. The number of hydrogen-bond acceptors (Lipinski definition) is 5. The van der Waals surface area contributed by atoms with Crippen molar-refractivity contribution in [2.45, 2.75) is 13.3 Å². The van der Waals surface area contributed by atoms with Gasteiger partial charge in [0.05, 0.1) is 4.92 Å². The summed E-state index contributed by atoms with van der Waals surface area (Å²) >= 11 is 0. The van der Waals surface area contributed by atoms with Crippen molar-refractivity contribution in [1.29, 1.82) is 5.26 Å². The summed E-state index contributed by atoms with van der Waals surface area (Å²) < 4.78 is 0. The topological polar surface area (TPSA) is 108 Å². The molecule has 132 valence electrons. The van der Waals surface area contributed by atoms with E-state index in [4.69, 9.17) is 5.26 Å². The van der Waals surface area contributed by atoms with E-state index in [1.807, 2.05) is 25.1 Å². The molecule has 26 heavy (non-hydrogen) atoms. The van der Waals surface area contributed by atoms with Crippen molar-refractivity contribution in [3.63, 3.8) is 0 Å². The zero-order chi connectivity index (χ0) is 18.9. The summed E-state index contributed by atoms with van der Waals surface area (Å²) in [4.78, 5) is 22.5. The van der Waals surface area contributed by atoms with Gasteiger partial charge in [-0.15, -0.1) is 0 Å². The minimum atomic E-state index is -0.704. The van der Waals surface area contributed by atoms with Crippen molar-refractivity contribution in [1.82, 2.24) is 5.32 Å². The zero-order valence-electron chi connectivity index (χ0n) is 14.2. The average Bonchev–Trinajstić information content (AvgIpc) is 2.62. The van der Waals surface area contributed by atoms with Crippen LogP contribution in [0.2, 0.25) is 0 Å². The van der Waals surface area contributed by atoms with Crippen molar-refractivity contribution in [3.8, 4) is 6.07 Å². The first kappa shape index (κ1) is 18.7. The highest BCUT2D eigenvalue weighted by atomic mass is 16.6. The molecule has 0 fully saturated rings. The predicted octanol–water partition coefficient (Wildman–Crippen LogP) is 3.08. The van der Waals surface area contributed by atoms with Crippen LogP contribution in [0.5, 0.6) is 0 Å². The van der Waals surface area contributed by atoms with Crippen molar-refractivity contribution in [3.05, 3.63) is 81.5 Å². The Morgan fingerprint density at radius 1 is 1.27 bits per heavy atom. The Hall–Kier alpha value is -3.66. The number of amides is 1. The molecule has 0 aliphatic carbocycles. The van der Waals surface area contributed by atoms with Crippen LogP contribution in [0.15, 0.2) is 60.3 Å². The molecule has 2 N–H and O–H groups in total. The lowest BCUT2D eigenvalue weighted by Crippen LogP contribution is -2.18. The molecule has 0 atom stereocenters. The maximum Gasteiger partial charge on any atom is 0.292 e. The van der Waals surface area contributed by atoms with Crippen LogP contribution in [0.4, 0.5) is 11.4 Å². The number of benzene rings is 2. The third-order valence-electron chi connectivity index (χ3n) is 3.60. The fourth-order valence-electron chi connectivity index (χ4n) is 2.34. The molecule has 2 aromatic rings. The molecule has 0 spiro atoms. The summed E-state index contributed by atoms with van der Waals surface area (Å²) in [5, 5.41) is 25.5. The van der Waals surface area contributed by atoms with E-state index in [2.05, 4.69) is 16.7 Å². The summed E-state index contributed by atoms with van der Waals surface area (Å²) in [6.07, 6.45) is 2.06. The maximum atomic E-state index is 12.2. The maximum absolute atomic E-state index is 12.2. The molecule has 0 saturated carbocycles. The van der Waals surface area contributed by atoms with E-state index in [9.17, 15) is 14.9 Å². The van der Waals surface area contributed by atoms with Crippen molar-refractivity contribution in [2.75, 3.05) is 11.9 Å². The molecule has 0 heterocycles. The Balaban J connectivity index is 1.97. The Bertz CT molecular complexity index is 884. The quantitative estimate of drug-likeness (QED) is 0.262. The second-order valence-electron chi connectivity index (χ2n) is 5.59. The number of nitro groups is 1. The van der Waals surface area contributed by atoms with Crippen LogP contribution in [-0.2, 0) is 11.2 Å². The summed E-state index contributed by atoms with van der Waals surface area (Å²) in [5.41, 5.74) is 1.97. The minimum absolute atomic E-state index is 0.0448. The molecule has 0 aromatic heterocycles. The first-order chi connectivity index (χ1) is 12.5. The van der Waals surface area contributed by atoms with Crippen molar-refractivity contribution < 1.29 is 9.72 Å². The van der Waals surface area contributed by atoms with Crippen LogP contribution >= 0.6 is 0 Å². The normalized spacial score (nSPS) is 10.7. The molecule has 0 saturated heterocycles. The van der Waals surface area contributed by atoms with Gasteiger partial charge in [-0.05, 0) is 25.0 Å². The van der Waals surface area contributed by atoms with Crippen LogP contribution in [0, 0.1) is 28.4 Å². The van der Waals surface area contributed by atoms with Gasteiger partial charge in [0.15, 0.2) is 0 Å². The predicted molar refractivity (Wildman–Crippen MR) is 98.3 cm³/mol. The smallest absolute Gasteiger partial charge is 0.292 e. The number of hydrogen-bond donors (Lipinski definition) is 2. The number of anilines is 1. The van der Waals surface area contributed by atoms with Gasteiger partial charge in [-0.2, -0.15) is 5.26 Å². The van der Waals surface area contributed by atoms with E-state index in [0.29, 0.717) is 6.54 Å². The van der Waals surface area contributed by atoms with Crippen LogP contribution in [0.3, 0.4) is 0 Å². The molecule has 0 aliphatic heterocycles. The number of aryl methyl sites for hydroxylation is 1. The number of carbonyl (C=O) groups is 1. The van der Waals surface area contributed by atoms with Gasteiger partial charge in [0.25, 0.3) is 11.6 Å². The Morgan fingerprint density at radius 2 is 2.04 bits per heavy atom. The monoisotopic (exact) mass is 350 g/mol. The van der Waals surface area contributed by atoms with E-state index in [1.165, 1.54) is 30.0 Å². The molecule has 0 unspecified atom stereocenters. The van der Waals surface area contributed by atoms with Gasteiger partial charge in [0.2, 0.25) is 0 Å². The van der Waals surface area contributed by atoms with Crippen LogP contribution in [0.1, 0.15) is 11.1 Å². The van der Waals surface area contributed by atoms with Crippen molar-refractivity contribution in [2.24, 2.45) is 0 Å². The molecule has 7 nitrogen and oxygen atoms in total. The molecule has 0 aliphatic rings. The second kappa shape index (κ2) is 8.99. The molecule has 0 radical (unpaired) electrons. The SMILES string of the molecule is Cc1cccc(CCN/C=C(/C#N)C(=O)Nc2ccccc2[N+](=O)[O-])c1. The summed E-state index contributed by atoms with van der Waals surface area (Å²) in [7, 11) is 0. The number of nitro benzene ring substituents is 1. The molecule has 7 heteroatoms. The fraction of sp³-hybridized carbons (Fsp3) is 0.158.